The smallest absolute Gasteiger partial charge is 0.281 e. The average molecular weight is 279 g/mol. The quantitative estimate of drug-likeness (QED) is 0.752. The predicted molar refractivity (Wildman–Crippen MR) is 72.3 cm³/mol. The Bertz CT molecular complexity index is 673. The van der Waals surface area contributed by atoms with E-state index in [1.165, 1.54) is 10.9 Å². The van der Waals surface area contributed by atoms with Crippen molar-refractivity contribution >= 4 is 17.1 Å². The number of carbonyl (C=O) groups excluding carboxylic acids is 1. The van der Waals surface area contributed by atoms with Crippen molar-refractivity contribution in [1.29, 1.82) is 0 Å². The first-order valence-electron chi connectivity index (χ1n) is 6.34. The molecule has 8 nitrogen and oxygen atoms in total. The Morgan fingerprint density at radius 1 is 1.40 bits per heavy atom. The summed E-state index contributed by atoms with van der Waals surface area (Å²) in [6, 6.07) is 0.173. The molecule has 20 heavy (non-hydrogen) atoms. The number of rotatable bonds is 5. The van der Waals surface area contributed by atoms with Crippen LogP contribution in [0.2, 0.25) is 0 Å². The van der Waals surface area contributed by atoms with Crippen LogP contribution in [0.4, 0.5) is 0 Å². The number of amides is 1. The second kappa shape index (κ2) is 5.83. The lowest BCUT2D eigenvalue weighted by Crippen LogP contribution is -2.32. The lowest BCUT2D eigenvalue weighted by Gasteiger charge is -2.08. The standard InChI is InChI=1S/C12H17N5O3/c1-8(2)17-7-14-10-11(17)15-6-16(12(10)20)4-3-13-9(19)5-18/h6-8,18H,3-5H2,1-2H3,(H,13,19). The maximum atomic E-state index is 12.2. The van der Waals surface area contributed by atoms with Crippen molar-refractivity contribution < 1.29 is 9.90 Å². The number of carbonyl (C=O) groups is 1. The summed E-state index contributed by atoms with van der Waals surface area (Å²) in [5.74, 6) is -0.476. The summed E-state index contributed by atoms with van der Waals surface area (Å²) in [5, 5.41) is 11.1. The molecule has 0 aliphatic heterocycles. The maximum absolute atomic E-state index is 12.2. The van der Waals surface area contributed by atoms with Gasteiger partial charge in [0.2, 0.25) is 5.91 Å². The van der Waals surface area contributed by atoms with Crippen molar-refractivity contribution in [2.45, 2.75) is 26.4 Å². The second-order valence-corrected chi connectivity index (χ2v) is 4.67. The third-order valence-corrected chi connectivity index (χ3v) is 2.93. The molecule has 0 bridgehead atoms. The molecule has 0 radical (unpaired) electrons. The third-order valence-electron chi connectivity index (χ3n) is 2.93. The van der Waals surface area contributed by atoms with E-state index in [-0.39, 0.29) is 24.7 Å². The molecule has 0 aliphatic carbocycles. The highest BCUT2D eigenvalue weighted by Crippen LogP contribution is 2.11. The average Bonchev–Trinajstić information content (AvgIpc) is 2.86. The molecule has 2 aromatic rings. The summed E-state index contributed by atoms with van der Waals surface area (Å²) in [6.07, 6.45) is 3.04. The van der Waals surface area contributed by atoms with Crippen LogP contribution in [0.3, 0.4) is 0 Å². The Balaban J connectivity index is 2.22. The largest absolute Gasteiger partial charge is 0.387 e. The molecule has 0 saturated carbocycles. The number of nitrogens with zero attached hydrogens (tertiary/aromatic N) is 4. The molecule has 108 valence electrons. The first kappa shape index (κ1) is 14.2. The molecule has 0 saturated heterocycles. The third kappa shape index (κ3) is 2.69. The van der Waals surface area contributed by atoms with Crippen LogP contribution in [0.25, 0.3) is 11.2 Å². The molecular weight excluding hydrogens is 262 g/mol. The van der Waals surface area contributed by atoms with Crippen LogP contribution >= 0.6 is 0 Å². The van der Waals surface area contributed by atoms with E-state index in [4.69, 9.17) is 5.11 Å². The number of imidazole rings is 1. The van der Waals surface area contributed by atoms with Crippen molar-refractivity contribution in [3.63, 3.8) is 0 Å². The maximum Gasteiger partial charge on any atom is 0.281 e. The molecule has 0 spiro atoms. The summed E-state index contributed by atoms with van der Waals surface area (Å²) in [6.45, 7) is 3.93. The summed E-state index contributed by atoms with van der Waals surface area (Å²) in [7, 11) is 0. The summed E-state index contributed by atoms with van der Waals surface area (Å²) in [4.78, 5) is 31.4. The van der Waals surface area contributed by atoms with E-state index in [2.05, 4.69) is 15.3 Å². The first-order valence-corrected chi connectivity index (χ1v) is 6.34. The van der Waals surface area contributed by atoms with Gasteiger partial charge < -0.3 is 15.0 Å². The number of hydrogen-bond acceptors (Lipinski definition) is 5. The Hall–Kier alpha value is -2.22. The number of aliphatic hydroxyl groups excluding tert-OH is 1. The summed E-state index contributed by atoms with van der Waals surface area (Å²) in [5.41, 5.74) is 0.628. The van der Waals surface area contributed by atoms with E-state index in [0.29, 0.717) is 11.2 Å². The van der Waals surface area contributed by atoms with E-state index >= 15 is 0 Å². The van der Waals surface area contributed by atoms with E-state index in [1.54, 1.807) is 6.33 Å². The number of nitrogens with one attached hydrogen (secondary N) is 1. The van der Waals surface area contributed by atoms with Crippen LogP contribution in [-0.2, 0) is 11.3 Å². The molecule has 2 aromatic heterocycles. The van der Waals surface area contributed by atoms with E-state index < -0.39 is 12.5 Å². The SMILES string of the molecule is CC(C)n1cnc2c(=O)n(CCNC(=O)CO)cnc21. The van der Waals surface area contributed by atoms with Gasteiger partial charge in [-0.1, -0.05) is 0 Å². The zero-order valence-corrected chi connectivity index (χ0v) is 11.4. The molecule has 0 aromatic carbocycles. The fourth-order valence-corrected chi connectivity index (χ4v) is 1.86. The Morgan fingerprint density at radius 3 is 2.80 bits per heavy atom. The van der Waals surface area contributed by atoms with Gasteiger partial charge in [-0.25, -0.2) is 9.97 Å². The minimum atomic E-state index is -0.565. The summed E-state index contributed by atoms with van der Waals surface area (Å²) >= 11 is 0. The van der Waals surface area contributed by atoms with Crippen molar-refractivity contribution in [3.8, 4) is 0 Å². The predicted octanol–water partition coefficient (Wildman–Crippen LogP) is -0.718. The van der Waals surface area contributed by atoms with Crippen LogP contribution in [0, 0.1) is 0 Å². The van der Waals surface area contributed by atoms with Crippen LogP contribution in [-0.4, -0.2) is 43.3 Å². The second-order valence-electron chi connectivity index (χ2n) is 4.67. The lowest BCUT2D eigenvalue weighted by molar-refractivity contribution is -0.123. The van der Waals surface area contributed by atoms with E-state index in [0.717, 1.165) is 0 Å². The molecule has 2 heterocycles. The van der Waals surface area contributed by atoms with Gasteiger partial charge in [-0.15, -0.1) is 0 Å². The van der Waals surface area contributed by atoms with Crippen LogP contribution in [0.1, 0.15) is 19.9 Å². The molecule has 0 atom stereocenters. The van der Waals surface area contributed by atoms with Gasteiger partial charge in [-0.2, -0.15) is 0 Å². The van der Waals surface area contributed by atoms with Crippen molar-refractivity contribution in [2.24, 2.45) is 0 Å². The molecule has 0 unspecified atom stereocenters. The number of aromatic nitrogens is 4. The van der Waals surface area contributed by atoms with Crippen molar-refractivity contribution in [3.05, 3.63) is 23.0 Å². The van der Waals surface area contributed by atoms with Crippen LogP contribution in [0.5, 0.6) is 0 Å². The Kier molecular flexibility index (Phi) is 4.14. The van der Waals surface area contributed by atoms with E-state index in [9.17, 15) is 9.59 Å². The Morgan fingerprint density at radius 2 is 2.15 bits per heavy atom. The van der Waals surface area contributed by atoms with Gasteiger partial charge >= 0.3 is 0 Å². The fraction of sp³-hybridized carbons (Fsp3) is 0.500. The van der Waals surface area contributed by atoms with Crippen molar-refractivity contribution in [2.75, 3.05) is 13.2 Å². The minimum Gasteiger partial charge on any atom is -0.387 e. The monoisotopic (exact) mass is 279 g/mol. The Labute approximate surface area is 115 Å². The van der Waals surface area contributed by atoms with Crippen molar-refractivity contribution in [1.82, 2.24) is 24.4 Å². The van der Waals surface area contributed by atoms with Gasteiger partial charge in [-0.05, 0) is 13.8 Å². The normalized spacial score (nSPS) is 11.2. The van der Waals surface area contributed by atoms with Gasteiger partial charge in [0.15, 0.2) is 11.2 Å². The molecular formula is C12H17N5O3. The van der Waals surface area contributed by atoms with Crippen LogP contribution in [0.15, 0.2) is 17.4 Å². The van der Waals surface area contributed by atoms with E-state index in [1.807, 2.05) is 18.4 Å². The molecule has 0 aliphatic rings. The minimum absolute atomic E-state index is 0.173. The highest BCUT2D eigenvalue weighted by molar-refractivity contribution is 5.76. The number of hydrogen-bond donors (Lipinski definition) is 2. The zero-order chi connectivity index (χ0) is 14.7. The summed E-state index contributed by atoms with van der Waals surface area (Å²) < 4.78 is 3.21. The van der Waals surface area contributed by atoms with Gasteiger partial charge in [0, 0.05) is 19.1 Å². The molecule has 2 N–H and O–H groups in total. The molecule has 0 fully saturated rings. The van der Waals surface area contributed by atoms with Gasteiger partial charge in [0.1, 0.15) is 12.9 Å². The van der Waals surface area contributed by atoms with Gasteiger partial charge in [0.05, 0.1) is 6.33 Å². The zero-order valence-electron chi connectivity index (χ0n) is 11.4. The highest BCUT2D eigenvalue weighted by atomic mass is 16.3. The molecule has 8 heteroatoms. The number of aliphatic hydroxyl groups is 1. The first-order chi connectivity index (χ1) is 9.54. The number of fused-ring (bicyclic) bond motifs is 1. The lowest BCUT2D eigenvalue weighted by atomic mass is 10.4. The topological polar surface area (TPSA) is 102 Å². The van der Waals surface area contributed by atoms with Gasteiger partial charge in [-0.3, -0.25) is 14.2 Å². The highest BCUT2D eigenvalue weighted by Gasteiger charge is 2.11. The molecule has 1 amide bonds. The van der Waals surface area contributed by atoms with Gasteiger partial charge in [0.25, 0.3) is 5.56 Å². The fourth-order valence-electron chi connectivity index (χ4n) is 1.86. The molecule has 2 rings (SSSR count). The van der Waals surface area contributed by atoms with Crippen LogP contribution < -0.4 is 10.9 Å².